The van der Waals surface area contributed by atoms with Crippen molar-refractivity contribution in [2.24, 2.45) is 22.9 Å². The third kappa shape index (κ3) is 15.3. The van der Waals surface area contributed by atoms with E-state index in [0.29, 0.717) is 74.8 Å². The number of aliphatic carboxylic acids is 4. The maximum atomic E-state index is 11.2. The van der Waals surface area contributed by atoms with Gasteiger partial charge in [0.1, 0.15) is 113 Å². The number of imidazole rings is 2. The van der Waals surface area contributed by atoms with E-state index in [9.17, 15) is 44.7 Å². The molecule has 0 amide bonds. The van der Waals surface area contributed by atoms with E-state index in [1.54, 1.807) is 11.8 Å². The van der Waals surface area contributed by atoms with Crippen LogP contribution in [0.4, 0.5) is 11.6 Å². The van der Waals surface area contributed by atoms with E-state index in [1.165, 1.54) is 46.2 Å². The molecule has 2 fully saturated rings. The molecule has 2 aliphatic heterocycles. The van der Waals surface area contributed by atoms with Gasteiger partial charge in [-0.25, -0.2) is 29.9 Å². The average Bonchev–Trinajstić information content (AvgIpc) is 4.11. The third-order valence-corrected chi connectivity index (χ3v) is 20.1. The van der Waals surface area contributed by atoms with Crippen molar-refractivity contribution in [1.29, 1.82) is 0 Å². The number of hydrogen-bond acceptors (Lipinski definition) is 24. The molecule has 15 atom stereocenters. The fourth-order valence-electron chi connectivity index (χ4n) is 7.41. The molecule has 28 nitrogen and oxygen atoms in total. The summed E-state index contributed by atoms with van der Waals surface area (Å²) in [4.78, 5) is 68.7. The lowest BCUT2D eigenvalue weighted by Gasteiger charge is -2.21. The van der Waals surface area contributed by atoms with Crippen molar-refractivity contribution in [1.82, 2.24) is 39.0 Å². The normalized spacial score (nSPS) is 25.0. The molecule has 72 heavy (non-hydrogen) atoms. The van der Waals surface area contributed by atoms with Crippen LogP contribution < -0.4 is 34.4 Å². The van der Waals surface area contributed by atoms with Gasteiger partial charge < -0.3 is 84.7 Å². The summed E-state index contributed by atoms with van der Waals surface area (Å²) < 4.78 is 15.1. The number of thioether (sulfide) groups is 2. The Morgan fingerprint density at radius 1 is 0.597 bits per heavy atom. The van der Waals surface area contributed by atoms with E-state index in [1.807, 2.05) is 6.92 Å². The summed E-state index contributed by atoms with van der Waals surface area (Å²) in [5, 5.41) is 79.2. The SMILES string of the molecule is CC(SCC[C@H](N)C(=O)O)[S+](CC[C@H](N)C(=O)O)C[C@H]1O[C@@H](n2cnc3c(N)ncnc32)[C@H](O)[C@@H]1O.Nc1ncnc2c1ncn2[C@@H]1O[C@H](C[S+](CCSCC[C@H](N)C(=O)O)CC[C@H](N)C(=O)O)[C@@H](O)[C@H]1O. The van der Waals surface area contributed by atoms with E-state index in [2.05, 4.69) is 29.9 Å². The number of aromatic nitrogens is 8. The van der Waals surface area contributed by atoms with Crippen LogP contribution in [-0.2, 0) is 50.4 Å². The molecule has 32 heteroatoms. The number of aliphatic hydroxyl groups excluding tert-OH is 4. The number of nitrogens with two attached hydrogens (primary N) is 6. The molecule has 0 bridgehead atoms. The highest BCUT2D eigenvalue weighted by Crippen LogP contribution is 2.36. The molecule has 0 aliphatic carbocycles. The van der Waals surface area contributed by atoms with Crippen LogP contribution in [0.15, 0.2) is 25.3 Å². The van der Waals surface area contributed by atoms with Gasteiger partial charge in [0.2, 0.25) is 0 Å². The molecule has 3 unspecified atom stereocenters. The van der Waals surface area contributed by atoms with Crippen LogP contribution in [0.3, 0.4) is 0 Å². The summed E-state index contributed by atoms with van der Waals surface area (Å²) in [6, 6.07) is -3.92. The first kappa shape index (κ1) is 58.5. The highest BCUT2D eigenvalue weighted by atomic mass is 32.2. The van der Waals surface area contributed by atoms with Gasteiger partial charge >= 0.3 is 23.9 Å². The number of nitrogens with zero attached hydrogens (tertiary/aromatic N) is 8. The predicted octanol–water partition coefficient (Wildman–Crippen LogP) is -3.69. The molecule has 0 spiro atoms. The van der Waals surface area contributed by atoms with Crippen LogP contribution in [0.25, 0.3) is 22.3 Å². The Balaban J connectivity index is 0.000000267. The summed E-state index contributed by atoms with van der Waals surface area (Å²) in [6.45, 7) is 1.95. The third-order valence-electron chi connectivity index (χ3n) is 11.8. The van der Waals surface area contributed by atoms with Crippen molar-refractivity contribution >= 4 is 103 Å². The molecule has 2 aliphatic rings. The van der Waals surface area contributed by atoms with Crippen molar-refractivity contribution in [2.75, 3.05) is 57.5 Å². The Bertz CT molecular complexity index is 2430. The average molecular weight is 1090 g/mol. The number of rotatable bonds is 27. The van der Waals surface area contributed by atoms with Gasteiger partial charge in [-0.2, -0.15) is 11.8 Å². The first-order valence-electron chi connectivity index (χ1n) is 22.4. The highest BCUT2D eigenvalue weighted by molar-refractivity contribution is 8.15. The van der Waals surface area contributed by atoms with Crippen LogP contribution in [0.2, 0.25) is 0 Å². The van der Waals surface area contributed by atoms with Crippen LogP contribution in [0.5, 0.6) is 0 Å². The molecule has 0 radical (unpaired) electrons. The van der Waals surface area contributed by atoms with Gasteiger partial charge in [-0.15, -0.1) is 11.8 Å². The molecule has 4 aromatic rings. The van der Waals surface area contributed by atoms with E-state index >= 15 is 0 Å². The molecule has 6 heterocycles. The van der Waals surface area contributed by atoms with Crippen molar-refractivity contribution in [3.05, 3.63) is 25.3 Å². The second-order valence-electron chi connectivity index (χ2n) is 16.8. The summed E-state index contributed by atoms with van der Waals surface area (Å²) in [5.74, 6) is 0.175. The van der Waals surface area contributed by atoms with Gasteiger partial charge in [-0.1, -0.05) is 0 Å². The lowest BCUT2D eigenvalue weighted by molar-refractivity contribution is -0.139. The first-order chi connectivity index (χ1) is 34.1. The molecule has 0 aromatic carbocycles. The lowest BCUT2D eigenvalue weighted by atomic mass is 10.1. The van der Waals surface area contributed by atoms with Crippen LogP contribution in [0.1, 0.15) is 45.1 Å². The summed E-state index contributed by atoms with van der Waals surface area (Å²) >= 11 is 3.07. The standard InChI is InChI=1S/2C20H31N7O7S2/c1-9(35-4-2-10(21)19(30)31)36(5-3-11(22)20(32)33)6-12-14(28)15(29)18(34-12)27-8-26-13-16(23)24-7-25-17(13)27;21-10(19(30)31)1-3-35-4-6-36(5-2-11(22)20(32)33)7-12-14(28)15(29)18(34-12)27-9-26-13-16(23)24-8-25-17(13)27/h7-12,14-15,18,28-29H,2-6,21-22H2,1H3,(H3-,23,24,25,30,31,32,33);8-12,14-15,18,28-29H,1-7,21-22H2,(H3-,23,24,25,30,31,32,33)/p+2/t9?,10-,11-,12+,14+,15+,18+,36?;10-,11-,12+,14+,15+,18+,36?/m00/s1. The monoisotopic (exact) mass is 1090 g/mol. The Morgan fingerprint density at radius 2 is 1.03 bits per heavy atom. The molecular formula is C40H64N14O14S4+2. The fraction of sp³-hybridized carbons (Fsp3) is 0.650. The first-order valence-corrected chi connectivity index (χ1v) is 28.0. The highest BCUT2D eigenvalue weighted by Gasteiger charge is 2.49. The van der Waals surface area contributed by atoms with Gasteiger partial charge in [-0.3, -0.25) is 28.3 Å². The van der Waals surface area contributed by atoms with E-state index in [4.69, 9.17) is 59.2 Å². The second kappa shape index (κ2) is 27.2. The van der Waals surface area contributed by atoms with Crippen LogP contribution >= 0.6 is 23.5 Å². The maximum Gasteiger partial charge on any atom is 0.320 e. The predicted molar refractivity (Wildman–Crippen MR) is 271 cm³/mol. The number of anilines is 2. The lowest BCUT2D eigenvalue weighted by Crippen LogP contribution is -2.40. The van der Waals surface area contributed by atoms with Gasteiger partial charge in [0.15, 0.2) is 40.0 Å². The van der Waals surface area contributed by atoms with Crippen molar-refractivity contribution in [3.63, 3.8) is 0 Å². The minimum absolute atomic E-state index is 0.0272. The quantitative estimate of drug-likeness (QED) is 0.0202. The minimum Gasteiger partial charge on any atom is -0.480 e. The number of ether oxygens (including phenoxy) is 2. The van der Waals surface area contributed by atoms with Gasteiger partial charge in [-0.05, 0) is 36.4 Å². The molecule has 20 N–H and O–H groups in total. The van der Waals surface area contributed by atoms with Crippen molar-refractivity contribution in [3.8, 4) is 0 Å². The fourth-order valence-corrected chi connectivity index (χ4v) is 15.6. The van der Waals surface area contributed by atoms with E-state index < -0.39 is 108 Å². The molecule has 6 rings (SSSR count). The Kier molecular flexibility index (Phi) is 22.1. The molecular weight excluding hydrogens is 1030 g/mol. The van der Waals surface area contributed by atoms with Crippen molar-refractivity contribution < 1.29 is 69.5 Å². The number of carbonyl (C=O) groups is 4. The maximum absolute atomic E-state index is 11.2. The van der Waals surface area contributed by atoms with E-state index in [-0.39, 0.29) is 46.4 Å². The van der Waals surface area contributed by atoms with Crippen molar-refractivity contribution in [2.45, 2.75) is 110 Å². The Hall–Kier alpha value is -4.42. The second-order valence-corrected chi connectivity index (χ2v) is 24.7. The number of carboxylic acid groups (broad SMARTS) is 4. The van der Waals surface area contributed by atoms with Gasteiger partial charge in [0.05, 0.1) is 12.7 Å². The smallest absolute Gasteiger partial charge is 0.320 e. The summed E-state index contributed by atoms with van der Waals surface area (Å²) in [7, 11) is -0.866. The number of aliphatic hydroxyl groups is 4. The van der Waals surface area contributed by atoms with Crippen LogP contribution in [0, 0.1) is 0 Å². The zero-order valence-electron chi connectivity index (χ0n) is 39.0. The molecule has 0 saturated carbocycles. The topological polar surface area (TPSA) is 492 Å². The van der Waals surface area contributed by atoms with E-state index in [0.717, 1.165) is 0 Å². The van der Waals surface area contributed by atoms with Gasteiger partial charge in [0.25, 0.3) is 0 Å². The number of hydrogen-bond donors (Lipinski definition) is 14. The largest absolute Gasteiger partial charge is 0.480 e. The number of nitrogen functional groups attached to an aromatic ring is 2. The Morgan fingerprint density at radius 3 is 1.50 bits per heavy atom. The summed E-state index contributed by atoms with van der Waals surface area (Å²) in [5.41, 5.74) is 35.6. The molecule has 2 saturated heterocycles. The van der Waals surface area contributed by atoms with Crippen LogP contribution in [-0.4, -0.2) is 215 Å². The zero-order chi connectivity index (χ0) is 53.0. The molecule has 4 aromatic heterocycles. The minimum atomic E-state index is -1.27. The molecule has 400 valence electrons. The number of fused-ring (bicyclic) bond motifs is 2. The summed E-state index contributed by atoms with van der Waals surface area (Å²) in [6.07, 6.45) is -1.84. The Labute approximate surface area is 426 Å². The van der Waals surface area contributed by atoms with Gasteiger partial charge in [0, 0.05) is 35.2 Å². The zero-order valence-corrected chi connectivity index (χ0v) is 42.3. The number of carboxylic acids is 4.